The molecular formula is C11H21NO2. The lowest BCUT2D eigenvalue weighted by Crippen LogP contribution is -2.42. The Kier molecular flexibility index (Phi) is 4.39. The van der Waals surface area contributed by atoms with Crippen molar-refractivity contribution >= 4 is 5.97 Å². The molecule has 1 aliphatic rings. The lowest BCUT2D eigenvalue weighted by Gasteiger charge is -2.31. The van der Waals surface area contributed by atoms with Gasteiger partial charge >= 0.3 is 5.97 Å². The molecule has 0 amide bonds. The molecule has 0 radical (unpaired) electrons. The van der Waals surface area contributed by atoms with Gasteiger partial charge in [-0.1, -0.05) is 20.3 Å². The smallest absolute Gasteiger partial charge is 0.308 e. The van der Waals surface area contributed by atoms with E-state index in [0.29, 0.717) is 0 Å². The summed E-state index contributed by atoms with van der Waals surface area (Å²) in [6.07, 6.45) is 4.01. The van der Waals surface area contributed by atoms with Crippen LogP contribution in [-0.4, -0.2) is 35.1 Å². The molecule has 0 aliphatic carbocycles. The molecule has 1 aliphatic heterocycles. The maximum Gasteiger partial charge on any atom is 0.308 e. The van der Waals surface area contributed by atoms with E-state index in [-0.39, 0.29) is 12.0 Å². The molecule has 3 heteroatoms. The minimum atomic E-state index is -0.614. The van der Waals surface area contributed by atoms with E-state index in [2.05, 4.69) is 18.7 Å². The summed E-state index contributed by atoms with van der Waals surface area (Å²) in [5.41, 5.74) is 0. The molecule has 0 bridgehead atoms. The van der Waals surface area contributed by atoms with Crippen LogP contribution in [0.25, 0.3) is 0 Å². The van der Waals surface area contributed by atoms with Crippen LogP contribution in [0.2, 0.25) is 0 Å². The number of carbonyl (C=O) groups is 1. The van der Waals surface area contributed by atoms with Gasteiger partial charge in [0.15, 0.2) is 0 Å². The van der Waals surface area contributed by atoms with Crippen LogP contribution in [0.1, 0.15) is 39.5 Å². The lowest BCUT2D eigenvalue weighted by molar-refractivity contribution is -0.144. The fourth-order valence-corrected chi connectivity index (χ4v) is 2.52. The summed E-state index contributed by atoms with van der Waals surface area (Å²) in [5, 5.41) is 9.15. The van der Waals surface area contributed by atoms with Gasteiger partial charge < -0.3 is 5.11 Å². The van der Waals surface area contributed by atoms with E-state index in [1.165, 1.54) is 0 Å². The van der Waals surface area contributed by atoms with Gasteiger partial charge in [-0.25, -0.2) is 0 Å². The van der Waals surface area contributed by atoms with Crippen molar-refractivity contribution in [3.63, 3.8) is 0 Å². The molecule has 0 spiro atoms. The van der Waals surface area contributed by atoms with Gasteiger partial charge in [-0.15, -0.1) is 0 Å². The monoisotopic (exact) mass is 199 g/mol. The van der Waals surface area contributed by atoms with Crippen molar-refractivity contribution in [2.24, 2.45) is 5.92 Å². The van der Waals surface area contributed by atoms with E-state index in [1.807, 2.05) is 0 Å². The Morgan fingerprint density at radius 3 is 2.64 bits per heavy atom. The zero-order valence-electron chi connectivity index (χ0n) is 9.20. The van der Waals surface area contributed by atoms with Crippen LogP contribution >= 0.6 is 0 Å². The number of likely N-dealkylation sites (tertiary alicyclic amines) is 1. The first-order valence-corrected chi connectivity index (χ1v) is 5.67. The topological polar surface area (TPSA) is 40.5 Å². The average Bonchev–Trinajstić information content (AvgIpc) is 2.38. The minimum absolute atomic E-state index is 0.151. The fraction of sp³-hybridized carbons (Fsp3) is 0.909. The molecule has 82 valence electrons. The number of hydrogen-bond acceptors (Lipinski definition) is 2. The normalized spacial score (nSPS) is 29.9. The minimum Gasteiger partial charge on any atom is -0.481 e. The quantitative estimate of drug-likeness (QED) is 0.755. The molecule has 14 heavy (non-hydrogen) atoms. The summed E-state index contributed by atoms with van der Waals surface area (Å²) in [7, 11) is 0. The van der Waals surface area contributed by atoms with E-state index in [4.69, 9.17) is 5.11 Å². The molecule has 1 fully saturated rings. The standard InChI is InChI=1S/C11H21NO2/c1-3-10-9(11(13)14)7-5-6-8-12(10)4-2/h9-10H,3-8H2,1-2H3,(H,13,14)/t9-,10+/m0/s1. The molecule has 0 aromatic heterocycles. The van der Waals surface area contributed by atoms with E-state index < -0.39 is 5.97 Å². The third kappa shape index (κ3) is 2.47. The summed E-state index contributed by atoms with van der Waals surface area (Å²) in [6.45, 7) is 6.25. The Morgan fingerprint density at radius 1 is 1.43 bits per heavy atom. The van der Waals surface area contributed by atoms with Crippen molar-refractivity contribution in [3.8, 4) is 0 Å². The summed E-state index contributed by atoms with van der Waals surface area (Å²) in [4.78, 5) is 13.4. The Morgan fingerprint density at radius 2 is 2.14 bits per heavy atom. The maximum atomic E-state index is 11.1. The van der Waals surface area contributed by atoms with Crippen LogP contribution < -0.4 is 0 Å². The van der Waals surface area contributed by atoms with Gasteiger partial charge in [-0.3, -0.25) is 9.69 Å². The predicted molar refractivity (Wildman–Crippen MR) is 56.3 cm³/mol. The largest absolute Gasteiger partial charge is 0.481 e. The molecule has 1 heterocycles. The Balaban J connectivity index is 2.74. The van der Waals surface area contributed by atoms with Crippen LogP contribution in [0.3, 0.4) is 0 Å². The van der Waals surface area contributed by atoms with Gasteiger partial charge in [0, 0.05) is 6.04 Å². The second-order valence-electron chi connectivity index (χ2n) is 4.04. The van der Waals surface area contributed by atoms with Crippen LogP contribution in [-0.2, 0) is 4.79 Å². The summed E-state index contributed by atoms with van der Waals surface area (Å²) in [6, 6.07) is 0.250. The number of carboxylic acids is 1. The molecule has 3 nitrogen and oxygen atoms in total. The Labute approximate surface area is 86.1 Å². The molecule has 1 N–H and O–H groups in total. The average molecular weight is 199 g/mol. The van der Waals surface area contributed by atoms with Crippen LogP contribution in [0.5, 0.6) is 0 Å². The highest BCUT2D eigenvalue weighted by Crippen LogP contribution is 2.25. The molecule has 2 atom stereocenters. The molecule has 0 saturated carbocycles. The van der Waals surface area contributed by atoms with Crippen LogP contribution in [0, 0.1) is 5.92 Å². The van der Waals surface area contributed by atoms with Crippen LogP contribution in [0.4, 0.5) is 0 Å². The van der Waals surface area contributed by atoms with Gasteiger partial charge in [0.2, 0.25) is 0 Å². The number of hydrogen-bond donors (Lipinski definition) is 1. The first-order chi connectivity index (χ1) is 6.70. The Bertz CT molecular complexity index is 194. The maximum absolute atomic E-state index is 11.1. The zero-order chi connectivity index (χ0) is 10.6. The van der Waals surface area contributed by atoms with Gasteiger partial charge in [0.05, 0.1) is 5.92 Å². The first kappa shape index (κ1) is 11.5. The number of carboxylic acid groups (broad SMARTS) is 1. The molecule has 0 aromatic rings. The summed E-state index contributed by atoms with van der Waals surface area (Å²) in [5.74, 6) is -0.764. The predicted octanol–water partition coefficient (Wildman–Crippen LogP) is 1.97. The van der Waals surface area contributed by atoms with Gasteiger partial charge in [0.1, 0.15) is 0 Å². The number of nitrogens with zero attached hydrogens (tertiary/aromatic N) is 1. The van der Waals surface area contributed by atoms with E-state index in [1.54, 1.807) is 0 Å². The van der Waals surface area contributed by atoms with Crippen molar-refractivity contribution in [3.05, 3.63) is 0 Å². The summed E-state index contributed by atoms with van der Waals surface area (Å²) >= 11 is 0. The highest BCUT2D eigenvalue weighted by molar-refractivity contribution is 5.70. The van der Waals surface area contributed by atoms with Gasteiger partial charge in [-0.05, 0) is 32.4 Å². The third-order valence-electron chi connectivity index (χ3n) is 3.29. The van der Waals surface area contributed by atoms with E-state index >= 15 is 0 Å². The van der Waals surface area contributed by atoms with Crippen molar-refractivity contribution in [2.45, 2.75) is 45.6 Å². The van der Waals surface area contributed by atoms with Crippen molar-refractivity contribution in [1.29, 1.82) is 0 Å². The lowest BCUT2D eigenvalue weighted by atomic mass is 9.93. The number of rotatable bonds is 3. The molecule has 0 unspecified atom stereocenters. The van der Waals surface area contributed by atoms with E-state index in [0.717, 1.165) is 38.8 Å². The molecule has 1 saturated heterocycles. The molecule has 1 rings (SSSR count). The van der Waals surface area contributed by atoms with Crippen molar-refractivity contribution in [1.82, 2.24) is 4.90 Å². The zero-order valence-corrected chi connectivity index (χ0v) is 9.20. The molecular weight excluding hydrogens is 178 g/mol. The van der Waals surface area contributed by atoms with Crippen molar-refractivity contribution in [2.75, 3.05) is 13.1 Å². The Hall–Kier alpha value is -0.570. The van der Waals surface area contributed by atoms with Gasteiger partial charge in [0.25, 0.3) is 0 Å². The summed E-state index contributed by atoms with van der Waals surface area (Å²) < 4.78 is 0. The number of aliphatic carboxylic acids is 1. The highest BCUT2D eigenvalue weighted by Gasteiger charge is 2.32. The molecule has 0 aromatic carbocycles. The second-order valence-corrected chi connectivity index (χ2v) is 4.04. The first-order valence-electron chi connectivity index (χ1n) is 5.67. The van der Waals surface area contributed by atoms with Gasteiger partial charge in [-0.2, -0.15) is 0 Å². The van der Waals surface area contributed by atoms with E-state index in [9.17, 15) is 4.79 Å². The fourth-order valence-electron chi connectivity index (χ4n) is 2.52. The SMILES string of the molecule is CC[C@@H]1[C@@H](C(=O)O)CCCCN1CC. The second kappa shape index (κ2) is 5.35. The highest BCUT2D eigenvalue weighted by atomic mass is 16.4. The van der Waals surface area contributed by atoms with Crippen molar-refractivity contribution < 1.29 is 9.90 Å². The third-order valence-corrected chi connectivity index (χ3v) is 3.29. The van der Waals surface area contributed by atoms with Crippen LogP contribution in [0.15, 0.2) is 0 Å².